The number of nitrogens with zero attached hydrogens (tertiary/aromatic N) is 2. The van der Waals surface area contributed by atoms with E-state index >= 15 is 0 Å². The zero-order valence-electron chi connectivity index (χ0n) is 14.5. The Morgan fingerprint density at radius 3 is 2.85 bits per heavy atom. The molecule has 0 spiro atoms. The van der Waals surface area contributed by atoms with Crippen molar-refractivity contribution in [2.45, 2.75) is 31.5 Å². The summed E-state index contributed by atoms with van der Waals surface area (Å²) in [6, 6.07) is 9.59. The quantitative estimate of drug-likeness (QED) is 0.677. The van der Waals surface area contributed by atoms with Crippen molar-refractivity contribution in [3.05, 3.63) is 63.5 Å². The van der Waals surface area contributed by atoms with Crippen molar-refractivity contribution in [2.24, 2.45) is 5.92 Å². The number of thiazole rings is 1. The molecule has 1 saturated heterocycles. The molecule has 0 radical (unpaired) electrons. The zero-order valence-corrected chi connectivity index (χ0v) is 16.9. The molecule has 3 atom stereocenters. The number of aromatic nitrogens is 1. The third kappa shape index (κ3) is 3.56. The number of halogens is 1. The van der Waals surface area contributed by atoms with Gasteiger partial charge in [-0.05, 0) is 34.8 Å². The molecule has 0 saturated carbocycles. The third-order valence-electron chi connectivity index (χ3n) is 4.81. The molecule has 26 heavy (non-hydrogen) atoms. The van der Waals surface area contributed by atoms with E-state index in [2.05, 4.69) is 27.5 Å². The minimum absolute atomic E-state index is 0.0434. The van der Waals surface area contributed by atoms with E-state index < -0.39 is 11.6 Å². The van der Waals surface area contributed by atoms with Gasteiger partial charge in [-0.25, -0.2) is 9.78 Å². The Labute approximate surface area is 165 Å². The summed E-state index contributed by atoms with van der Waals surface area (Å²) in [6.07, 6.45) is 1.58. The van der Waals surface area contributed by atoms with Crippen LogP contribution in [-0.4, -0.2) is 33.8 Å². The predicted molar refractivity (Wildman–Crippen MR) is 105 cm³/mol. The first-order valence-corrected chi connectivity index (χ1v) is 10.0. The van der Waals surface area contributed by atoms with Gasteiger partial charge in [0.2, 0.25) is 0 Å². The Kier molecular flexibility index (Phi) is 5.79. The van der Waals surface area contributed by atoms with E-state index in [1.165, 1.54) is 16.2 Å². The summed E-state index contributed by atoms with van der Waals surface area (Å²) in [5.74, 6) is -0.0934. The number of carbonyl (C=O) groups is 1. The molecule has 2 aromatic rings. The molecule has 1 aliphatic heterocycles. The monoisotopic (exact) mass is 436 g/mol. The molecule has 1 aromatic heterocycles. The fraction of sp³-hybridized carbons (Fsp3) is 0.368. The summed E-state index contributed by atoms with van der Waals surface area (Å²) in [5.41, 5.74) is 0.0263. The number of rotatable bonds is 5. The average Bonchev–Trinajstić information content (AvgIpc) is 3.07. The Morgan fingerprint density at radius 2 is 2.27 bits per heavy atom. The molecule has 0 bridgehead atoms. The fourth-order valence-corrected chi connectivity index (χ4v) is 5.01. The van der Waals surface area contributed by atoms with Crippen LogP contribution < -0.4 is 0 Å². The van der Waals surface area contributed by atoms with Gasteiger partial charge in [0.25, 0.3) is 0 Å². The molecule has 2 heterocycles. The first kappa shape index (κ1) is 19.1. The predicted octanol–water partition coefficient (Wildman–Crippen LogP) is 4.89. The normalized spacial score (nSPS) is 25.6. The van der Waals surface area contributed by atoms with Crippen molar-refractivity contribution in [1.82, 2.24) is 9.88 Å². The summed E-state index contributed by atoms with van der Waals surface area (Å²) < 4.78 is 6.65. The molecular weight excluding hydrogens is 416 g/mol. The van der Waals surface area contributed by atoms with Crippen LogP contribution >= 0.6 is 27.3 Å². The Bertz CT molecular complexity index is 782. The highest BCUT2D eigenvalue weighted by atomic mass is 79.9. The van der Waals surface area contributed by atoms with E-state index in [0.717, 1.165) is 10.6 Å². The van der Waals surface area contributed by atoms with Gasteiger partial charge in [-0.3, -0.25) is 4.90 Å². The highest BCUT2D eigenvalue weighted by molar-refractivity contribution is 9.10. The van der Waals surface area contributed by atoms with Crippen LogP contribution in [0.4, 0.5) is 4.79 Å². The van der Waals surface area contributed by atoms with Crippen LogP contribution in [0.3, 0.4) is 0 Å². The minimum atomic E-state index is -0.995. The van der Waals surface area contributed by atoms with Gasteiger partial charge < -0.3 is 9.84 Å². The second kappa shape index (κ2) is 7.90. The number of ether oxygens (including phenoxy) is 1. The van der Waals surface area contributed by atoms with Gasteiger partial charge in [0.15, 0.2) is 0 Å². The topological polar surface area (TPSA) is 62.7 Å². The van der Waals surface area contributed by atoms with Crippen molar-refractivity contribution in [3.63, 3.8) is 0 Å². The van der Waals surface area contributed by atoms with Gasteiger partial charge in [-0.2, -0.15) is 0 Å². The summed E-state index contributed by atoms with van der Waals surface area (Å²) in [7, 11) is 0. The second-order valence-electron chi connectivity index (χ2n) is 6.45. The molecule has 1 N–H and O–H groups in total. The first-order chi connectivity index (χ1) is 12.5. The highest BCUT2D eigenvalue weighted by Gasteiger charge is 2.52. The largest absolute Gasteiger partial charge is 0.465 e. The van der Waals surface area contributed by atoms with Gasteiger partial charge in [-0.15, -0.1) is 17.9 Å². The summed E-state index contributed by atoms with van der Waals surface area (Å²) >= 11 is 4.84. The van der Waals surface area contributed by atoms with Crippen molar-refractivity contribution < 1.29 is 14.6 Å². The van der Waals surface area contributed by atoms with Crippen LogP contribution in [0.25, 0.3) is 0 Å². The molecule has 1 amide bonds. The lowest BCUT2D eigenvalue weighted by molar-refractivity contribution is -0.103. The zero-order chi connectivity index (χ0) is 18.7. The molecule has 138 valence electrons. The number of hydrogen-bond donors (Lipinski definition) is 1. The van der Waals surface area contributed by atoms with E-state index in [4.69, 9.17) is 4.74 Å². The Morgan fingerprint density at radius 1 is 1.54 bits per heavy atom. The number of hydrogen-bond acceptors (Lipinski definition) is 4. The lowest BCUT2D eigenvalue weighted by Gasteiger charge is -2.49. The van der Waals surface area contributed by atoms with Crippen molar-refractivity contribution >= 4 is 33.4 Å². The van der Waals surface area contributed by atoms with Crippen LogP contribution in [-0.2, 0) is 16.8 Å². The van der Waals surface area contributed by atoms with E-state index in [1.807, 2.05) is 48.7 Å². The lowest BCUT2D eigenvalue weighted by Crippen LogP contribution is -2.58. The maximum atomic E-state index is 12.3. The smallest absolute Gasteiger partial charge is 0.408 e. The van der Waals surface area contributed by atoms with Gasteiger partial charge in [0, 0.05) is 11.3 Å². The molecule has 7 heteroatoms. The van der Waals surface area contributed by atoms with Crippen LogP contribution in [0, 0.1) is 5.92 Å². The van der Waals surface area contributed by atoms with Crippen LogP contribution in [0.1, 0.15) is 23.9 Å². The number of benzene rings is 1. The summed E-state index contributed by atoms with van der Waals surface area (Å²) in [6.45, 7) is 6.50. The van der Waals surface area contributed by atoms with E-state index in [1.54, 1.807) is 0 Å². The van der Waals surface area contributed by atoms with Gasteiger partial charge in [0.1, 0.15) is 15.1 Å². The minimum Gasteiger partial charge on any atom is -0.465 e. The molecule has 5 nitrogen and oxygen atoms in total. The molecule has 0 aliphatic carbocycles. The lowest BCUT2D eigenvalue weighted by atomic mass is 9.77. The van der Waals surface area contributed by atoms with Gasteiger partial charge >= 0.3 is 6.09 Å². The van der Waals surface area contributed by atoms with Crippen LogP contribution in [0.5, 0.6) is 0 Å². The van der Waals surface area contributed by atoms with E-state index in [9.17, 15) is 9.90 Å². The standard InChI is InChI=1S/C19H21BrN2O3S/c1-3-15-9-13(2)25-12-19(15,17-21-16(20)11-26-17)22(18(23)24)10-14-7-5-4-6-8-14/h3-8,11,13,15H,1,9-10,12H2,2H3,(H,23,24)/t13-,15+,19-/m0/s1. The molecule has 0 unspecified atom stereocenters. The molecule has 1 fully saturated rings. The Hall–Kier alpha value is -1.70. The van der Waals surface area contributed by atoms with E-state index in [-0.39, 0.29) is 25.2 Å². The van der Waals surface area contributed by atoms with Crippen molar-refractivity contribution in [2.75, 3.05) is 6.61 Å². The van der Waals surface area contributed by atoms with Gasteiger partial charge in [-0.1, -0.05) is 36.4 Å². The van der Waals surface area contributed by atoms with Crippen LogP contribution in [0.2, 0.25) is 0 Å². The molecule has 1 aromatic carbocycles. The maximum Gasteiger partial charge on any atom is 0.408 e. The highest BCUT2D eigenvalue weighted by Crippen LogP contribution is 2.45. The van der Waals surface area contributed by atoms with E-state index in [0.29, 0.717) is 11.0 Å². The second-order valence-corrected chi connectivity index (χ2v) is 8.12. The fourth-order valence-electron chi connectivity index (χ4n) is 3.50. The third-order valence-corrected chi connectivity index (χ3v) is 6.53. The molecule has 3 rings (SSSR count). The van der Waals surface area contributed by atoms with Gasteiger partial charge in [0.05, 0.1) is 19.3 Å². The Balaban J connectivity index is 2.11. The number of amides is 1. The first-order valence-electron chi connectivity index (χ1n) is 8.37. The SMILES string of the molecule is C=C[C@@H]1C[C@H](C)OC[C@]1(c1nc(Br)cs1)N(Cc1ccccc1)C(=O)O. The molecule has 1 aliphatic rings. The summed E-state index contributed by atoms with van der Waals surface area (Å²) in [4.78, 5) is 18.4. The van der Waals surface area contributed by atoms with Crippen molar-refractivity contribution in [1.29, 1.82) is 0 Å². The summed E-state index contributed by atoms with van der Waals surface area (Å²) in [5, 5.41) is 12.7. The maximum absolute atomic E-state index is 12.3. The van der Waals surface area contributed by atoms with Crippen LogP contribution in [0.15, 0.2) is 53.0 Å². The molecular formula is C19H21BrN2O3S. The van der Waals surface area contributed by atoms with Crippen molar-refractivity contribution in [3.8, 4) is 0 Å². The average molecular weight is 437 g/mol. The number of carboxylic acid groups (broad SMARTS) is 1.